The maximum Gasteiger partial charge on any atom is 0.288 e. The standard InChI is InChI=1S/C15H19NO2S3/c1-3-4-11-20(14-9-10-19-12-14)16-21(17,18)15-7-5-13(2)6-8-15/h5-10,12H,3-4,11H2,1-2H3. The lowest BCUT2D eigenvalue weighted by Crippen LogP contribution is -2.03. The Labute approximate surface area is 133 Å². The predicted molar refractivity (Wildman–Crippen MR) is 90.5 cm³/mol. The first kappa shape index (κ1) is 16.4. The first-order valence-corrected chi connectivity index (χ1v) is 10.5. The molecule has 2 aromatic rings. The molecule has 1 heterocycles. The highest BCUT2D eigenvalue weighted by molar-refractivity contribution is 8.00. The van der Waals surface area contributed by atoms with Gasteiger partial charge in [-0.1, -0.05) is 31.0 Å². The Kier molecular flexibility index (Phi) is 5.72. The first-order chi connectivity index (χ1) is 10.0. The summed E-state index contributed by atoms with van der Waals surface area (Å²) in [5.74, 6) is 0.790. The third kappa shape index (κ3) is 4.49. The smallest absolute Gasteiger partial charge is 0.199 e. The lowest BCUT2D eigenvalue weighted by Gasteiger charge is -2.06. The van der Waals surface area contributed by atoms with E-state index in [4.69, 9.17) is 0 Å². The Morgan fingerprint density at radius 2 is 1.90 bits per heavy atom. The van der Waals surface area contributed by atoms with Crippen LogP contribution in [-0.2, 0) is 20.7 Å². The minimum Gasteiger partial charge on any atom is -0.199 e. The van der Waals surface area contributed by atoms with Crippen molar-refractivity contribution in [2.75, 3.05) is 5.75 Å². The van der Waals surface area contributed by atoms with Gasteiger partial charge in [0.1, 0.15) is 0 Å². The van der Waals surface area contributed by atoms with Gasteiger partial charge in [0.25, 0.3) is 10.0 Å². The second kappa shape index (κ2) is 7.33. The van der Waals surface area contributed by atoms with Gasteiger partial charge in [-0.15, -0.1) is 3.77 Å². The van der Waals surface area contributed by atoms with Crippen LogP contribution >= 0.6 is 11.3 Å². The van der Waals surface area contributed by atoms with Crippen molar-refractivity contribution >= 4 is 32.1 Å². The molecule has 0 fully saturated rings. The molecule has 0 saturated carbocycles. The highest BCUT2D eigenvalue weighted by atomic mass is 32.3. The van der Waals surface area contributed by atoms with Gasteiger partial charge in [0.2, 0.25) is 0 Å². The third-order valence-corrected chi connectivity index (χ3v) is 7.64. The summed E-state index contributed by atoms with van der Waals surface area (Å²) in [6.45, 7) is 4.04. The van der Waals surface area contributed by atoms with Crippen molar-refractivity contribution in [2.45, 2.75) is 36.5 Å². The van der Waals surface area contributed by atoms with Crippen LogP contribution in [0.1, 0.15) is 25.3 Å². The van der Waals surface area contributed by atoms with E-state index in [1.165, 1.54) is 0 Å². The quantitative estimate of drug-likeness (QED) is 0.781. The lowest BCUT2D eigenvalue weighted by molar-refractivity contribution is 0.598. The highest BCUT2D eigenvalue weighted by Crippen LogP contribution is 2.20. The molecule has 114 valence electrons. The molecule has 0 radical (unpaired) electrons. The summed E-state index contributed by atoms with van der Waals surface area (Å²) >= 11 is 1.58. The van der Waals surface area contributed by atoms with Gasteiger partial charge in [-0.2, -0.15) is 19.8 Å². The second-order valence-corrected chi connectivity index (χ2v) is 9.15. The van der Waals surface area contributed by atoms with Gasteiger partial charge < -0.3 is 0 Å². The molecular weight excluding hydrogens is 322 g/mol. The largest absolute Gasteiger partial charge is 0.288 e. The summed E-state index contributed by atoms with van der Waals surface area (Å²) in [5, 5.41) is 3.96. The van der Waals surface area contributed by atoms with E-state index < -0.39 is 20.7 Å². The van der Waals surface area contributed by atoms with Crippen molar-refractivity contribution in [1.29, 1.82) is 0 Å². The van der Waals surface area contributed by atoms with E-state index >= 15 is 0 Å². The Morgan fingerprint density at radius 1 is 1.19 bits per heavy atom. The van der Waals surface area contributed by atoms with E-state index in [2.05, 4.69) is 10.7 Å². The lowest BCUT2D eigenvalue weighted by atomic mass is 10.2. The maximum absolute atomic E-state index is 12.5. The minimum atomic E-state index is -3.59. The number of sulfonamides is 1. The predicted octanol–water partition coefficient (Wildman–Crippen LogP) is 4.41. The van der Waals surface area contributed by atoms with Crippen LogP contribution in [0.4, 0.5) is 0 Å². The Bertz CT molecular complexity index is 702. The summed E-state index contributed by atoms with van der Waals surface area (Å²) < 4.78 is 29.1. The molecule has 2 rings (SSSR count). The molecule has 21 heavy (non-hydrogen) atoms. The maximum atomic E-state index is 12.5. The molecule has 3 nitrogen and oxygen atoms in total. The van der Waals surface area contributed by atoms with Gasteiger partial charge in [-0.05, 0) is 47.6 Å². The molecule has 0 aliphatic heterocycles. The average molecular weight is 342 g/mol. The molecule has 0 N–H and O–H groups in total. The number of hydrogen-bond donors (Lipinski definition) is 0. The zero-order valence-corrected chi connectivity index (χ0v) is 14.6. The van der Waals surface area contributed by atoms with Crippen LogP contribution in [0.15, 0.2) is 54.7 Å². The van der Waals surface area contributed by atoms with Crippen molar-refractivity contribution in [3.05, 3.63) is 46.7 Å². The normalized spacial score (nSPS) is 13.4. The monoisotopic (exact) mass is 341 g/mol. The first-order valence-electron chi connectivity index (χ1n) is 6.81. The number of hydrogen-bond acceptors (Lipinski definition) is 3. The Balaban J connectivity index is 2.38. The minimum absolute atomic E-state index is 0.275. The topological polar surface area (TPSA) is 46.5 Å². The number of unbranched alkanes of at least 4 members (excludes halogenated alkanes) is 1. The molecule has 0 amide bonds. The fourth-order valence-electron chi connectivity index (χ4n) is 1.74. The summed E-state index contributed by atoms with van der Waals surface area (Å²) in [7, 11) is -4.18. The van der Waals surface area contributed by atoms with Crippen LogP contribution in [-0.4, -0.2) is 14.2 Å². The molecule has 1 aromatic heterocycles. The van der Waals surface area contributed by atoms with Gasteiger partial charge in [-0.25, -0.2) is 0 Å². The average Bonchev–Trinajstić information content (AvgIpc) is 2.98. The van der Waals surface area contributed by atoms with Crippen LogP contribution in [0, 0.1) is 6.92 Å². The number of benzene rings is 1. The Hall–Kier alpha value is -0.980. The van der Waals surface area contributed by atoms with E-state index in [9.17, 15) is 8.42 Å². The molecule has 0 saturated heterocycles. The summed E-state index contributed by atoms with van der Waals surface area (Å²) in [6.07, 6.45) is 2.01. The molecule has 1 aromatic carbocycles. The van der Waals surface area contributed by atoms with Crippen molar-refractivity contribution in [1.82, 2.24) is 0 Å². The van der Waals surface area contributed by atoms with Gasteiger partial charge in [-0.3, -0.25) is 0 Å². The van der Waals surface area contributed by atoms with Crippen molar-refractivity contribution < 1.29 is 8.42 Å². The third-order valence-electron chi connectivity index (χ3n) is 2.97. The van der Waals surface area contributed by atoms with Crippen LogP contribution in [0.3, 0.4) is 0 Å². The SMILES string of the molecule is CCCC/S(=N/S(=O)(=O)c1ccc(C)cc1)c1ccsc1. The molecule has 0 bridgehead atoms. The molecule has 6 heteroatoms. The number of rotatable bonds is 6. The molecule has 0 aliphatic rings. The number of thiophene rings is 1. The van der Waals surface area contributed by atoms with Crippen LogP contribution in [0.5, 0.6) is 0 Å². The van der Waals surface area contributed by atoms with Crippen LogP contribution in [0.2, 0.25) is 0 Å². The van der Waals surface area contributed by atoms with E-state index in [-0.39, 0.29) is 4.90 Å². The fraction of sp³-hybridized carbons (Fsp3) is 0.333. The van der Waals surface area contributed by atoms with Gasteiger partial charge in [0, 0.05) is 16.0 Å². The van der Waals surface area contributed by atoms with E-state index in [0.717, 1.165) is 29.1 Å². The van der Waals surface area contributed by atoms with Gasteiger partial charge >= 0.3 is 0 Å². The summed E-state index contributed by atoms with van der Waals surface area (Å²) in [4.78, 5) is 1.29. The molecule has 0 spiro atoms. The van der Waals surface area contributed by atoms with E-state index in [1.807, 2.05) is 23.8 Å². The van der Waals surface area contributed by atoms with Gasteiger partial charge in [0.05, 0.1) is 4.90 Å². The van der Waals surface area contributed by atoms with E-state index in [0.29, 0.717) is 0 Å². The van der Waals surface area contributed by atoms with Crippen molar-refractivity contribution in [2.24, 2.45) is 3.77 Å². The number of aryl methyl sites for hydroxylation is 1. The molecular formula is C15H19NO2S3. The zero-order chi connectivity index (χ0) is 15.3. The second-order valence-electron chi connectivity index (χ2n) is 4.74. The van der Waals surface area contributed by atoms with Crippen molar-refractivity contribution in [3.63, 3.8) is 0 Å². The fourth-order valence-corrected chi connectivity index (χ4v) is 6.39. The molecule has 1 atom stereocenters. The number of nitrogens with zero attached hydrogens (tertiary/aromatic N) is 1. The highest BCUT2D eigenvalue weighted by Gasteiger charge is 2.14. The van der Waals surface area contributed by atoms with Crippen molar-refractivity contribution in [3.8, 4) is 0 Å². The van der Waals surface area contributed by atoms with E-state index in [1.54, 1.807) is 35.6 Å². The van der Waals surface area contributed by atoms with Gasteiger partial charge in [0.15, 0.2) is 0 Å². The molecule has 1 unspecified atom stereocenters. The van der Waals surface area contributed by atoms with Crippen LogP contribution in [0.25, 0.3) is 0 Å². The Morgan fingerprint density at radius 3 is 2.48 bits per heavy atom. The van der Waals surface area contributed by atoms with Crippen LogP contribution < -0.4 is 0 Å². The molecule has 0 aliphatic carbocycles. The zero-order valence-electron chi connectivity index (χ0n) is 12.2. The summed E-state index contributed by atoms with van der Waals surface area (Å²) in [5.41, 5.74) is 1.04. The summed E-state index contributed by atoms with van der Waals surface area (Å²) in [6, 6.07) is 8.83.